The topological polar surface area (TPSA) is 170 Å². The van der Waals surface area contributed by atoms with Crippen LogP contribution >= 0.6 is 0 Å². The van der Waals surface area contributed by atoms with Gasteiger partial charge in [-0.05, 0) is 36.6 Å². The highest BCUT2D eigenvalue weighted by atomic mass is 16.7. The van der Waals surface area contributed by atoms with Gasteiger partial charge in [-0.3, -0.25) is 4.79 Å². The van der Waals surface area contributed by atoms with Gasteiger partial charge < -0.3 is 44.5 Å². The fourth-order valence-corrected chi connectivity index (χ4v) is 3.97. The van der Waals surface area contributed by atoms with Gasteiger partial charge in [-0.1, -0.05) is 13.8 Å². The van der Waals surface area contributed by atoms with Crippen LogP contribution < -0.4 is 10.2 Å². The van der Waals surface area contributed by atoms with E-state index in [4.69, 9.17) is 13.9 Å². The minimum atomic E-state index is -1.70. The lowest BCUT2D eigenvalue weighted by Crippen LogP contribution is -2.59. The number of phenols is 3. The second-order valence-corrected chi connectivity index (χ2v) is 8.74. The lowest BCUT2D eigenvalue weighted by molar-refractivity contribution is -0.274. The monoisotopic (exact) mass is 474 g/mol. The number of aliphatic hydroxyl groups excluding tert-OH is 3. The number of hydrogen-bond acceptors (Lipinski definition) is 10. The van der Waals surface area contributed by atoms with Crippen LogP contribution in [0.2, 0.25) is 0 Å². The molecule has 1 aromatic heterocycles. The first kappa shape index (κ1) is 23.8. The summed E-state index contributed by atoms with van der Waals surface area (Å²) >= 11 is 0. The Balaban J connectivity index is 1.85. The van der Waals surface area contributed by atoms with Gasteiger partial charge in [-0.25, -0.2) is 0 Å². The third-order valence-corrected chi connectivity index (χ3v) is 5.65. The molecule has 2 heterocycles. The molecule has 0 spiro atoms. The van der Waals surface area contributed by atoms with Gasteiger partial charge >= 0.3 is 0 Å². The Morgan fingerprint density at radius 1 is 0.941 bits per heavy atom. The maximum Gasteiger partial charge on any atom is 0.239 e. The van der Waals surface area contributed by atoms with Crippen molar-refractivity contribution in [2.75, 3.05) is 0 Å². The Kier molecular flexibility index (Phi) is 6.41. The van der Waals surface area contributed by atoms with Crippen LogP contribution in [0.25, 0.3) is 22.3 Å². The van der Waals surface area contributed by atoms with E-state index < -0.39 is 47.6 Å². The summed E-state index contributed by atoms with van der Waals surface area (Å²) in [5, 5.41) is 60.6. The van der Waals surface area contributed by atoms with E-state index in [0.29, 0.717) is 12.0 Å². The van der Waals surface area contributed by atoms with Gasteiger partial charge in [0.1, 0.15) is 46.5 Å². The fourth-order valence-electron chi connectivity index (χ4n) is 3.97. The summed E-state index contributed by atoms with van der Waals surface area (Å²) in [4.78, 5) is 13.4. The molecule has 1 aliphatic heterocycles. The minimum Gasteiger partial charge on any atom is -0.508 e. The van der Waals surface area contributed by atoms with Crippen LogP contribution in [-0.4, -0.2) is 61.3 Å². The van der Waals surface area contributed by atoms with E-state index in [1.165, 1.54) is 24.3 Å². The number of phenolic OH excluding ortho intramolecular Hbond substituents is 3. The molecule has 0 unspecified atom stereocenters. The molecule has 34 heavy (non-hydrogen) atoms. The number of aliphatic hydroxyl groups is 3. The maximum atomic E-state index is 13.4. The van der Waals surface area contributed by atoms with E-state index in [-0.39, 0.29) is 34.1 Å². The van der Waals surface area contributed by atoms with Gasteiger partial charge in [0, 0.05) is 17.7 Å². The average molecular weight is 474 g/mol. The maximum absolute atomic E-state index is 13.4. The summed E-state index contributed by atoms with van der Waals surface area (Å²) in [7, 11) is 0. The van der Waals surface area contributed by atoms with Crippen LogP contribution in [0.3, 0.4) is 0 Å². The van der Waals surface area contributed by atoms with Crippen LogP contribution in [0.5, 0.6) is 23.0 Å². The van der Waals surface area contributed by atoms with Crippen LogP contribution in [-0.2, 0) is 4.74 Å². The van der Waals surface area contributed by atoms with E-state index in [9.17, 15) is 35.4 Å². The van der Waals surface area contributed by atoms with Crippen molar-refractivity contribution >= 4 is 11.0 Å². The first-order valence-electron chi connectivity index (χ1n) is 10.7. The summed E-state index contributed by atoms with van der Waals surface area (Å²) in [5.74, 6) is -1.40. The van der Waals surface area contributed by atoms with Crippen molar-refractivity contribution in [3.05, 3.63) is 46.6 Å². The molecule has 1 saturated heterocycles. The predicted molar refractivity (Wildman–Crippen MR) is 120 cm³/mol. The molecule has 0 radical (unpaired) electrons. The Morgan fingerprint density at radius 2 is 1.62 bits per heavy atom. The average Bonchev–Trinajstić information content (AvgIpc) is 2.76. The van der Waals surface area contributed by atoms with Gasteiger partial charge in [0.25, 0.3) is 0 Å². The molecule has 4 rings (SSSR count). The number of benzene rings is 2. The van der Waals surface area contributed by atoms with Gasteiger partial charge in [0.15, 0.2) is 5.76 Å². The zero-order valence-corrected chi connectivity index (χ0v) is 18.5. The SMILES string of the molecule is CC(C)C[C@@H]1O[C@@H](Oc2c(-c3ccc(O)cc3)oc3cc(O)cc(O)c3c2=O)[C@H](O)[C@H](O)[C@H]1O. The standard InChI is InChI=1S/C24H26O10/c1-10(2)7-16-18(28)20(30)21(31)24(33-16)34-23-19(29)17-14(27)8-13(26)9-15(17)32-22(23)11-3-5-12(25)6-4-11/h3-6,8-10,16,18,20-21,24-28,30-31H,7H2,1-2H3/t16-,18-,20+,21+,24-/m0/s1. The molecule has 182 valence electrons. The summed E-state index contributed by atoms with van der Waals surface area (Å²) in [6.07, 6.45) is -6.74. The van der Waals surface area contributed by atoms with Crippen LogP contribution in [0.4, 0.5) is 0 Å². The highest BCUT2D eigenvalue weighted by Gasteiger charge is 2.45. The molecule has 10 nitrogen and oxygen atoms in total. The Morgan fingerprint density at radius 3 is 2.26 bits per heavy atom. The predicted octanol–water partition coefficient (Wildman–Crippen LogP) is 1.81. The quantitative estimate of drug-likeness (QED) is 0.320. The first-order chi connectivity index (χ1) is 16.1. The van der Waals surface area contributed by atoms with Crippen molar-refractivity contribution in [2.24, 2.45) is 5.92 Å². The largest absolute Gasteiger partial charge is 0.508 e. The third-order valence-electron chi connectivity index (χ3n) is 5.65. The van der Waals surface area contributed by atoms with Crippen molar-refractivity contribution in [1.82, 2.24) is 0 Å². The molecule has 3 aromatic rings. The number of ether oxygens (including phenoxy) is 2. The molecule has 0 aliphatic carbocycles. The van der Waals surface area contributed by atoms with Crippen molar-refractivity contribution in [1.29, 1.82) is 0 Å². The van der Waals surface area contributed by atoms with E-state index in [1.807, 2.05) is 13.8 Å². The highest BCUT2D eigenvalue weighted by molar-refractivity contribution is 5.88. The molecule has 0 saturated carbocycles. The lowest BCUT2D eigenvalue weighted by atomic mass is 9.93. The third kappa shape index (κ3) is 4.40. The summed E-state index contributed by atoms with van der Waals surface area (Å²) < 4.78 is 17.3. The van der Waals surface area contributed by atoms with E-state index in [0.717, 1.165) is 12.1 Å². The Bertz CT molecular complexity index is 1230. The number of aromatic hydroxyl groups is 3. The van der Waals surface area contributed by atoms with Gasteiger partial charge in [-0.15, -0.1) is 0 Å². The second-order valence-electron chi connectivity index (χ2n) is 8.74. The molecule has 1 fully saturated rings. The summed E-state index contributed by atoms with van der Waals surface area (Å²) in [6.45, 7) is 3.78. The van der Waals surface area contributed by atoms with Crippen molar-refractivity contribution in [3.63, 3.8) is 0 Å². The molecular formula is C24H26O10. The van der Waals surface area contributed by atoms with Crippen LogP contribution in [0, 0.1) is 5.92 Å². The number of hydrogen-bond donors (Lipinski definition) is 6. The van der Waals surface area contributed by atoms with Crippen LogP contribution in [0.1, 0.15) is 20.3 Å². The van der Waals surface area contributed by atoms with Gasteiger partial charge in [0.2, 0.25) is 17.5 Å². The van der Waals surface area contributed by atoms with Crippen molar-refractivity contribution < 1.29 is 44.5 Å². The molecule has 5 atom stereocenters. The normalized spacial score (nSPS) is 25.1. The molecule has 0 bridgehead atoms. The number of fused-ring (bicyclic) bond motifs is 1. The molecule has 0 amide bonds. The summed E-state index contributed by atoms with van der Waals surface area (Å²) in [5.41, 5.74) is -0.644. The Hall–Kier alpha value is -3.31. The molecule has 6 N–H and O–H groups in total. The van der Waals surface area contributed by atoms with E-state index in [2.05, 4.69) is 0 Å². The molecule has 1 aliphatic rings. The Labute approximate surface area is 193 Å². The zero-order chi connectivity index (χ0) is 24.7. The van der Waals surface area contributed by atoms with E-state index in [1.54, 1.807) is 0 Å². The highest BCUT2D eigenvalue weighted by Crippen LogP contribution is 2.37. The van der Waals surface area contributed by atoms with Gasteiger partial charge in [0.05, 0.1) is 6.10 Å². The lowest BCUT2D eigenvalue weighted by Gasteiger charge is -2.40. The van der Waals surface area contributed by atoms with E-state index >= 15 is 0 Å². The zero-order valence-electron chi connectivity index (χ0n) is 18.5. The molecule has 10 heteroatoms. The van der Waals surface area contributed by atoms with Crippen molar-refractivity contribution in [2.45, 2.75) is 51.0 Å². The minimum absolute atomic E-state index is 0.0377. The second kappa shape index (κ2) is 9.15. The van der Waals surface area contributed by atoms with Crippen molar-refractivity contribution in [3.8, 4) is 34.3 Å². The number of rotatable bonds is 5. The van der Waals surface area contributed by atoms with Crippen LogP contribution in [0.15, 0.2) is 45.6 Å². The first-order valence-corrected chi connectivity index (χ1v) is 10.7. The molecular weight excluding hydrogens is 448 g/mol. The fraction of sp³-hybridized carbons (Fsp3) is 0.375. The van der Waals surface area contributed by atoms with Gasteiger partial charge in [-0.2, -0.15) is 0 Å². The summed E-state index contributed by atoms with van der Waals surface area (Å²) in [6, 6.07) is 7.73. The molecule has 2 aromatic carbocycles. The smallest absolute Gasteiger partial charge is 0.239 e.